The molecule has 6 heteroatoms. The van der Waals surface area contributed by atoms with E-state index in [1.54, 1.807) is 13.2 Å². The summed E-state index contributed by atoms with van der Waals surface area (Å²) in [5, 5.41) is 3.52. The molecule has 0 aromatic heterocycles. The van der Waals surface area contributed by atoms with Crippen LogP contribution in [0.3, 0.4) is 0 Å². The number of methoxy groups -OCH3 is 1. The number of carbonyl (C=O) groups excluding carboxylic acids is 1. The molecule has 1 aromatic rings. The van der Waals surface area contributed by atoms with Crippen LogP contribution in [-0.4, -0.2) is 45.9 Å². The summed E-state index contributed by atoms with van der Waals surface area (Å²) in [7, 11) is 1.56. The highest BCUT2D eigenvalue weighted by molar-refractivity contribution is 6.31. The van der Waals surface area contributed by atoms with Gasteiger partial charge in [0.15, 0.2) is 6.54 Å². The van der Waals surface area contributed by atoms with E-state index in [-0.39, 0.29) is 5.91 Å². The maximum atomic E-state index is 12.1. The number of carbonyl (C=O) groups is 1. The highest BCUT2D eigenvalue weighted by Crippen LogP contribution is 2.30. The molecule has 0 radical (unpaired) electrons. The summed E-state index contributed by atoms with van der Waals surface area (Å²) < 4.78 is 10.5. The van der Waals surface area contributed by atoms with Crippen LogP contribution in [0, 0.1) is 6.92 Å². The Morgan fingerprint density at radius 1 is 1.45 bits per heavy atom. The van der Waals surface area contributed by atoms with Gasteiger partial charge in [0.2, 0.25) is 0 Å². The van der Waals surface area contributed by atoms with Gasteiger partial charge in [0.25, 0.3) is 5.91 Å². The van der Waals surface area contributed by atoms with Gasteiger partial charge in [0.1, 0.15) is 18.8 Å². The van der Waals surface area contributed by atoms with Gasteiger partial charge in [-0.3, -0.25) is 4.79 Å². The second-order valence-electron chi connectivity index (χ2n) is 4.89. The first-order chi connectivity index (χ1) is 9.60. The molecule has 1 aliphatic heterocycles. The van der Waals surface area contributed by atoms with Crippen molar-refractivity contribution < 1.29 is 19.2 Å². The zero-order chi connectivity index (χ0) is 14.5. The Hall–Kier alpha value is -1.30. The average Bonchev–Trinajstić information content (AvgIpc) is 2.43. The van der Waals surface area contributed by atoms with Gasteiger partial charge in [-0.25, -0.2) is 0 Å². The van der Waals surface area contributed by atoms with E-state index in [1.165, 1.54) is 4.90 Å². The van der Waals surface area contributed by atoms with Crippen molar-refractivity contribution in [1.29, 1.82) is 0 Å². The van der Waals surface area contributed by atoms with Crippen molar-refractivity contribution in [2.75, 3.05) is 45.3 Å². The van der Waals surface area contributed by atoms with E-state index in [1.807, 2.05) is 13.0 Å². The lowest BCUT2D eigenvalue weighted by atomic mass is 10.2. The molecule has 1 fully saturated rings. The van der Waals surface area contributed by atoms with Crippen molar-refractivity contribution in [3.05, 3.63) is 22.7 Å². The maximum absolute atomic E-state index is 12.1. The lowest BCUT2D eigenvalue weighted by molar-refractivity contribution is -0.899. The van der Waals surface area contributed by atoms with Crippen molar-refractivity contribution in [3.8, 4) is 5.75 Å². The molecule has 1 amide bonds. The Labute approximate surface area is 123 Å². The molecule has 5 nitrogen and oxygen atoms in total. The summed E-state index contributed by atoms with van der Waals surface area (Å²) in [4.78, 5) is 13.3. The van der Waals surface area contributed by atoms with Crippen molar-refractivity contribution in [1.82, 2.24) is 0 Å². The van der Waals surface area contributed by atoms with Crippen LogP contribution in [0.25, 0.3) is 0 Å². The third-order valence-electron chi connectivity index (χ3n) is 3.37. The first kappa shape index (κ1) is 15.1. The molecule has 110 valence electrons. The Morgan fingerprint density at radius 2 is 2.15 bits per heavy atom. The Morgan fingerprint density at radius 3 is 2.80 bits per heavy atom. The minimum Gasteiger partial charge on any atom is -0.495 e. The number of halogens is 1. The van der Waals surface area contributed by atoms with E-state index in [9.17, 15) is 4.79 Å². The van der Waals surface area contributed by atoms with Gasteiger partial charge in [-0.05, 0) is 18.6 Å². The largest absolute Gasteiger partial charge is 0.495 e. The minimum absolute atomic E-state index is 0.0260. The molecule has 1 saturated heterocycles. The molecule has 2 N–H and O–H groups in total. The van der Waals surface area contributed by atoms with Gasteiger partial charge >= 0.3 is 0 Å². The fourth-order valence-electron chi connectivity index (χ4n) is 2.19. The van der Waals surface area contributed by atoms with Gasteiger partial charge in [-0.2, -0.15) is 0 Å². The van der Waals surface area contributed by atoms with E-state index in [0.29, 0.717) is 36.2 Å². The molecule has 1 heterocycles. The van der Waals surface area contributed by atoms with Crippen LogP contribution in [0.4, 0.5) is 5.69 Å². The third-order valence-corrected chi connectivity index (χ3v) is 3.77. The average molecular weight is 300 g/mol. The summed E-state index contributed by atoms with van der Waals surface area (Å²) in [6, 6.07) is 3.54. The van der Waals surface area contributed by atoms with E-state index in [4.69, 9.17) is 21.1 Å². The first-order valence-electron chi connectivity index (χ1n) is 6.65. The number of benzene rings is 1. The van der Waals surface area contributed by atoms with Gasteiger partial charge in [0.05, 0.1) is 26.0 Å². The van der Waals surface area contributed by atoms with E-state index >= 15 is 0 Å². The number of rotatable bonds is 4. The predicted octanol–water partition coefficient (Wildman–Crippen LogP) is 0.511. The zero-order valence-corrected chi connectivity index (χ0v) is 12.5. The summed E-state index contributed by atoms with van der Waals surface area (Å²) in [5.74, 6) is 0.549. The Balaban J connectivity index is 2.01. The molecule has 0 spiro atoms. The number of ether oxygens (including phenoxy) is 2. The van der Waals surface area contributed by atoms with Crippen molar-refractivity contribution in [2.24, 2.45) is 0 Å². The highest BCUT2D eigenvalue weighted by atomic mass is 35.5. The van der Waals surface area contributed by atoms with Crippen molar-refractivity contribution in [3.63, 3.8) is 0 Å². The molecule has 2 rings (SSSR count). The van der Waals surface area contributed by atoms with Crippen LogP contribution in [0.15, 0.2) is 12.1 Å². The van der Waals surface area contributed by atoms with Gasteiger partial charge in [0, 0.05) is 11.1 Å². The second-order valence-corrected chi connectivity index (χ2v) is 5.30. The maximum Gasteiger partial charge on any atom is 0.279 e. The van der Waals surface area contributed by atoms with Crippen LogP contribution >= 0.6 is 11.6 Å². The molecule has 1 aliphatic rings. The molecule has 0 saturated carbocycles. The highest BCUT2D eigenvalue weighted by Gasteiger charge is 2.18. The number of hydrogen-bond acceptors (Lipinski definition) is 3. The molecule has 0 atom stereocenters. The standard InChI is InChI=1S/C14H19ClN2O3/c1-10-7-12(13(19-2)8-11(10)15)16-14(18)9-17-3-5-20-6-4-17/h7-8H,3-6,9H2,1-2H3,(H,16,18)/p+1. The summed E-state index contributed by atoms with van der Waals surface area (Å²) >= 11 is 6.05. The number of hydrogen-bond donors (Lipinski definition) is 2. The number of morpholine rings is 1. The van der Waals surface area contributed by atoms with Gasteiger partial charge in [-0.15, -0.1) is 0 Å². The number of amides is 1. The molecule has 0 bridgehead atoms. The van der Waals surface area contributed by atoms with E-state index in [0.717, 1.165) is 18.7 Å². The second kappa shape index (κ2) is 6.92. The lowest BCUT2D eigenvalue weighted by Crippen LogP contribution is -3.15. The zero-order valence-electron chi connectivity index (χ0n) is 11.8. The molecular formula is C14H20ClN2O3+. The Bertz CT molecular complexity index is 488. The SMILES string of the molecule is COc1cc(Cl)c(C)cc1NC(=O)C[NH+]1CCOCC1. The molecular weight excluding hydrogens is 280 g/mol. The summed E-state index contributed by atoms with van der Waals surface area (Å²) in [5.41, 5.74) is 1.56. The van der Waals surface area contributed by atoms with Crippen molar-refractivity contribution in [2.45, 2.75) is 6.92 Å². The summed E-state index contributed by atoms with van der Waals surface area (Å²) in [6.45, 7) is 5.49. The lowest BCUT2D eigenvalue weighted by Gasteiger charge is -2.23. The van der Waals surface area contributed by atoms with Gasteiger partial charge < -0.3 is 19.7 Å². The quantitative estimate of drug-likeness (QED) is 0.852. The number of nitrogens with one attached hydrogen (secondary N) is 2. The normalized spacial score (nSPS) is 15.9. The van der Waals surface area contributed by atoms with Crippen molar-refractivity contribution >= 4 is 23.2 Å². The fraction of sp³-hybridized carbons (Fsp3) is 0.500. The number of quaternary nitrogens is 1. The van der Waals surface area contributed by atoms with Crippen LogP contribution in [0.5, 0.6) is 5.75 Å². The fourth-order valence-corrected chi connectivity index (χ4v) is 2.34. The molecule has 0 aliphatic carbocycles. The predicted molar refractivity (Wildman–Crippen MR) is 77.8 cm³/mol. The topological polar surface area (TPSA) is 52.0 Å². The smallest absolute Gasteiger partial charge is 0.279 e. The number of aryl methyl sites for hydroxylation is 1. The van der Waals surface area contributed by atoms with E-state index < -0.39 is 0 Å². The Kier molecular flexibility index (Phi) is 5.23. The van der Waals surface area contributed by atoms with Crippen LogP contribution in [-0.2, 0) is 9.53 Å². The minimum atomic E-state index is -0.0260. The molecule has 1 aromatic carbocycles. The van der Waals surface area contributed by atoms with Crippen LogP contribution in [0.2, 0.25) is 5.02 Å². The monoisotopic (exact) mass is 299 g/mol. The third kappa shape index (κ3) is 3.85. The molecule has 0 unspecified atom stereocenters. The van der Waals surface area contributed by atoms with Crippen LogP contribution in [0.1, 0.15) is 5.56 Å². The summed E-state index contributed by atoms with van der Waals surface area (Å²) in [6.07, 6.45) is 0. The first-order valence-corrected chi connectivity index (χ1v) is 7.03. The van der Waals surface area contributed by atoms with Gasteiger partial charge in [-0.1, -0.05) is 11.6 Å². The van der Waals surface area contributed by atoms with E-state index in [2.05, 4.69) is 5.32 Å². The number of anilines is 1. The van der Waals surface area contributed by atoms with Crippen LogP contribution < -0.4 is 15.0 Å². The molecule has 20 heavy (non-hydrogen) atoms.